The van der Waals surface area contributed by atoms with Crippen LogP contribution in [0, 0.1) is 5.92 Å². The summed E-state index contributed by atoms with van der Waals surface area (Å²) in [6.45, 7) is 3.25. The van der Waals surface area contributed by atoms with Crippen molar-refractivity contribution >= 4 is 17.4 Å². The fourth-order valence-electron chi connectivity index (χ4n) is 2.49. The van der Waals surface area contributed by atoms with E-state index in [9.17, 15) is 0 Å². The topological polar surface area (TPSA) is 39.6 Å². The average Bonchev–Trinajstić information content (AvgIpc) is 2.74. The molecule has 1 atom stereocenters. The second-order valence-corrected chi connectivity index (χ2v) is 5.51. The minimum Gasteiger partial charge on any atom is -0.392 e. The van der Waals surface area contributed by atoms with Crippen LogP contribution in [0.1, 0.15) is 12.0 Å². The first-order valence-electron chi connectivity index (χ1n) is 6.25. The Hall–Kier alpha value is -0.840. The zero-order chi connectivity index (χ0) is 13.1. The van der Waals surface area contributed by atoms with Crippen LogP contribution in [0.3, 0.4) is 0 Å². The van der Waals surface area contributed by atoms with Crippen LogP contribution >= 0.6 is 11.6 Å². The van der Waals surface area contributed by atoms with E-state index in [1.165, 1.54) is 13.0 Å². The van der Waals surface area contributed by atoms with Crippen molar-refractivity contribution in [1.82, 2.24) is 9.88 Å². The van der Waals surface area contributed by atoms with Gasteiger partial charge in [0.15, 0.2) is 0 Å². The molecule has 0 aromatic carbocycles. The Bertz CT molecular complexity index is 413. The molecule has 0 aliphatic carbocycles. The minimum absolute atomic E-state index is 0.0237. The molecule has 1 saturated heterocycles. The molecule has 0 amide bonds. The number of halogens is 1. The van der Waals surface area contributed by atoms with Crippen molar-refractivity contribution < 1.29 is 5.11 Å². The molecule has 2 rings (SSSR count). The highest BCUT2D eigenvalue weighted by Crippen LogP contribution is 2.25. The Labute approximate surface area is 113 Å². The molecule has 0 spiro atoms. The van der Waals surface area contributed by atoms with Crippen LogP contribution in [0.2, 0.25) is 5.02 Å². The maximum absolute atomic E-state index is 9.03. The zero-order valence-corrected chi connectivity index (χ0v) is 11.7. The molecule has 1 unspecified atom stereocenters. The van der Waals surface area contributed by atoms with E-state index in [-0.39, 0.29) is 6.61 Å². The number of nitrogens with zero attached hydrogens (tertiary/aromatic N) is 3. The monoisotopic (exact) mass is 269 g/mol. The number of hydrogen-bond acceptors (Lipinski definition) is 4. The molecule has 1 aromatic rings. The van der Waals surface area contributed by atoms with E-state index in [2.05, 4.69) is 21.8 Å². The second kappa shape index (κ2) is 5.87. The van der Waals surface area contributed by atoms with Gasteiger partial charge in [-0.2, -0.15) is 0 Å². The summed E-state index contributed by atoms with van der Waals surface area (Å²) in [6, 6.07) is 1.78. The molecule has 0 saturated carbocycles. The number of aliphatic hydroxyl groups excluding tert-OH is 1. The highest BCUT2D eigenvalue weighted by Gasteiger charge is 2.21. The van der Waals surface area contributed by atoms with Crippen LogP contribution in [0.25, 0.3) is 0 Å². The number of likely N-dealkylation sites (tertiary alicyclic amines) is 1. The van der Waals surface area contributed by atoms with Gasteiger partial charge >= 0.3 is 0 Å². The van der Waals surface area contributed by atoms with Crippen molar-refractivity contribution in [2.45, 2.75) is 13.0 Å². The minimum atomic E-state index is -0.0237. The predicted molar refractivity (Wildman–Crippen MR) is 74.0 cm³/mol. The number of anilines is 1. The summed E-state index contributed by atoms with van der Waals surface area (Å²) in [5.74, 6) is 1.47. The van der Waals surface area contributed by atoms with Crippen LogP contribution < -0.4 is 4.90 Å². The first kappa shape index (κ1) is 13.6. The summed E-state index contributed by atoms with van der Waals surface area (Å²) in [7, 11) is 4.17. The predicted octanol–water partition coefficient (Wildman–Crippen LogP) is 1.62. The summed E-state index contributed by atoms with van der Waals surface area (Å²) in [5.41, 5.74) is 0.748. The molecule has 100 valence electrons. The maximum Gasteiger partial charge on any atom is 0.147 e. The Kier molecular flexibility index (Phi) is 4.43. The molecular weight excluding hydrogens is 250 g/mol. The summed E-state index contributed by atoms with van der Waals surface area (Å²) in [6.07, 6.45) is 2.91. The van der Waals surface area contributed by atoms with Crippen molar-refractivity contribution in [2.24, 2.45) is 5.92 Å². The van der Waals surface area contributed by atoms with E-state index in [4.69, 9.17) is 16.7 Å². The number of aromatic nitrogens is 1. The van der Waals surface area contributed by atoms with Gasteiger partial charge in [0.1, 0.15) is 5.82 Å². The van der Waals surface area contributed by atoms with Gasteiger partial charge < -0.3 is 14.9 Å². The van der Waals surface area contributed by atoms with Crippen molar-refractivity contribution in [3.63, 3.8) is 0 Å². The van der Waals surface area contributed by atoms with Gasteiger partial charge in [-0.3, -0.25) is 0 Å². The van der Waals surface area contributed by atoms with Gasteiger partial charge in [0.25, 0.3) is 0 Å². The van der Waals surface area contributed by atoms with Crippen LogP contribution in [-0.4, -0.2) is 48.7 Å². The van der Waals surface area contributed by atoms with Crippen LogP contribution in [0.4, 0.5) is 5.82 Å². The normalized spacial score (nSPS) is 20.3. The smallest absolute Gasteiger partial charge is 0.147 e. The lowest BCUT2D eigenvalue weighted by Gasteiger charge is -2.23. The molecule has 1 aromatic heterocycles. The number of pyridine rings is 1. The van der Waals surface area contributed by atoms with Gasteiger partial charge in [-0.05, 0) is 37.6 Å². The lowest BCUT2D eigenvalue weighted by Crippen LogP contribution is -2.28. The number of rotatable bonds is 4. The van der Waals surface area contributed by atoms with Crippen LogP contribution in [0.5, 0.6) is 0 Å². The third kappa shape index (κ3) is 3.13. The Morgan fingerprint density at radius 1 is 1.61 bits per heavy atom. The van der Waals surface area contributed by atoms with Gasteiger partial charge in [-0.1, -0.05) is 11.6 Å². The standard InChI is InChI=1S/C13H20ClN3O/c1-16-4-3-10(7-16)8-17(2)13-12(14)5-11(9-18)6-15-13/h5-6,10,18H,3-4,7-9H2,1-2H3. The molecule has 18 heavy (non-hydrogen) atoms. The van der Waals surface area contributed by atoms with E-state index in [1.807, 2.05) is 7.05 Å². The molecule has 4 nitrogen and oxygen atoms in total. The highest BCUT2D eigenvalue weighted by atomic mass is 35.5. The molecule has 1 fully saturated rings. The second-order valence-electron chi connectivity index (χ2n) is 5.10. The lowest BCUT2D eigenvalue weighted by atomic mass is 10.1. The van der Waals surface area contributed by atoms with Crippen molar-refractivity contribution in [3.8, 4) is 0 Å². The summed E-state index contributed by atoms with van der Waals surface area (Å²) in [5, 5.41) is 9.64. The van der Waals surface area contributed by atoms with Gasteiger partial charge in [0, 0.05) is 26.3 Å². The number of hydrogen-bond donors (Lipinski definition) is 1. The van der Waals surface area contributed by atoms with Crippen molar-refractivity contribution in [2.75, 3.05) is 38.6 Å². The summed E-state index contributed by atoms with van der Waals surface area (Å²) >= 11 is 6.19. The van der Waals surface area contributed by atoms with Crippen LogP contribution in [-0.2, 0) is 6.61 Å². The van der Waals surface area contributed by atoms with Crippen molar-refractivity contribution in [1.29, 1.82) is 0 Å². The first-order valence-corrected chi connectivity index (χ1v) is 6.63. The summed E-state index contributed by atoms with van der Waals surface area (Å²) < 4.78 is 0. The van der Waals surface area contributed by atoms with E-state index in [0.717, 1.165) is 24.5 Å². The van der Waals surface area contributed by atoms with Gasteiger partial charge in [-0.15, -0.1) is 0 Å². The van der Waals surface area contributed by atoms with Crippen molar-refractivity contribution in [3.05, 3.63) is 22.8 Å². The Morgan fingerprint density at radius 2 is 2.39 bits per heavy atom. The molecule has 1 aliphatic heterocycles. The van der Waals surface area contributed by atoms with E-state index < -0.39 is 0 Å². The zero-order valence-electron chi connectivity index (χ0n) is 10.9. The lowest BCUT2D eigenvalue weighted by molar-refractivity contribution is 0.281. The maximum atomic E-state index is 9.03. The fraction of sp³-hybridized carbons (Fsp3) is 0.615. The molecular formula is C13H20ClN3O. The van der Waals surface area contributed by atoms with Gasteiger partial charge in [-0.25, -0.2) is 4.98 Å². The Balaban J connectivity index is 2.02. The number of aliphatic hydroxyl groups is 1. The highest BCUT2D eigenvalue weighted by molar-refractivity contribution is 6.33. The quantitative estimate of drug-likeness (QED) is 0.902. The molecule has 2 heterocycles. The largest absolute Gasteiger partial charge is 0.392 e. The van der Waals surface area contributed by atoms with Gasteiger partial charge in [0.05, 0.1) is 11.6 Å². The molecule has 0 bridgehead atoms. The average molecular weight is 270 g/mol. The molecule has 0 radical (unpaired) electrons. The first-order chi connectivity index (χ1) is 8.60. The fourth-order valence-corrected chi connectivity index (χ4v) is 2.82. The molecule has 1 aliphatic rings. The van der Waals surface area contributed by atoms with Crippen LogP contribution in [0.15, 0.2) is 12.3 Å². The third-order valence-corrected chi connectivity index (χ3v) is 3.72. The molecule has 5 heteroatoms. The third-order valence-electron chi connectivity index (χ3n) is 3.44. The van der Waals surface area contributed by atoms with E-state index >= 15 is 0 Å². The SMILES string of the molecule is CN1CCC(CN(C)c2ncc(CO)cc2Cl)C1. The van der Waals surface area contributed by atoms with E-state index in [1.54, 1.807) is 12.3 Å². The Morgan fingerprint density at radius 3 is 2.94 bits per heavy atom. The van der Waals surface area contributed by atoms with Gasteiger partial charge in [0.2, 0.25) is 0 Å². The summed E-state index contributed by atoms with van der Waals surface area (Å²) in [4.78, 5) is 8.78. The molecule has 1 N–H and O–H groups in total. The van der Waals surface area contributed by atoms with E-state index in [0.29, 0.717) is 10.9 Å².